The summed E-state index contributed by atoms with van der Waals surface area (Å²) in [4.78, 5) is 23.1. The van der Waals surface area contributed by atoms with E-state index in [1.807, 2.05) is 38.1 Å². The third-order valence-corrected chi connectivity index (χ3v) is 2.66. The zero-order chi connectivity index (χ0) is 18.9. The van der Waals surface area contributed by atoms with Gasteiger partial charge in [-0.25, -0.2) is 9.59 Å². The average molecular weight is 349 g/mol. The van der Waals surface area contributed by atoms with Gasteiger partial charge in [0.1, 0.15) is 18.0 Å². The molecule has 0 heterocycles. The average Bonchev–Trinajstić information content (AvgIpc) is 2.47. The van der Waals surface area contributed by atoms with Crippen LogP contribution in [0.25, 0.3) is 6.08 Å². The molecule has 0 aliphatic heterocycles. The molecular formula is C19H27NO5. The molecule has 1 N–H and O–H groups in total. The molecule has 0 fully saturated rings. The standard InChI is InChI=1S/C19H27NO5/c1-14(2)24-16-8-6-7-15(13-16)9-10-17(21)23-12-11-20-18(22)25-19(3,4)5/h6-10,13-14H,11-12H2,1-5H3,(H,20,22)/b10-9+. The third kappa shape index (κ3) is 10.1. The van der Waals surface area contributed by atoms with Crippen LogP contribution in [0.15, 0.2) is 30.3 Å². The first kappa shape index (κ1) is 20.5. The quantitative estimate of drug-likeness (QED) is 0.463. The van der Waals surface area contributed by atoms with E-state index in [-0.39, 0.29) is 19.3 Å². The summed E-state index contributed by atoms with van der Waals surface area (Å²) in [5, 5.41) is 2.51. The van der Waals surface area contributed by atoms with Gasteiger partial charge >= 0.3 is 12.1 Å². The molecule has 0 bridgehead atoms. The molecule has 0 saturated carbocycles. The lowest BCUT2D eigenvalue weighted by atomic mass is 10.2. The Labute approximate surface area is 149 Å². The number of hydrogen-bond acceptors (Lipinski definition) is 5. The van der Waals surface area contributed by atoms with Crippen LogP contribution in [-0.4, -0.2) is 36.9 Å². The lowest BCUT2D eigenvalue weighted by Crippen LogP contribution is -2.34. The van der Waals surface area contributed by atoms with Crippen LogP contribution in [0.5, 0.6) is 5.75 Å². The van der Waals surface area contributed by atoms with E-state index < -0.39 is 17.7 Å². The van der Waals surface area contributed by atoms with E-state index >= 15 is 0 Å². The Hall–Kier alpha value is -2.50. The van der Waals surface area contributed by atoms with Crippen LogP contribution in [0.4, 0.5) is 4.79 Å². The number of benzene rings is 1. The first-order valence-corrected chi connectivity index (χ1v) is 8.24. The van der Waals surface area contributed by atoms with Gasteiger partial charge in [-0.1, -0.05) is 12.1 Å². The minimum absolute atomic E-state index is 0.0684. The Morgan fingerprint density at radius 2 is 1.96 bits per heavy atom. The van der Waals surface area contributed by atoms with Crippen LogP contribution < -0.4 is 10.1 Å². The Morgan fingerprint density at radius 1 is 1.24 bits per heavy atom. The minimum atomic E-state index is -0.558. The molecule has 0 radical (unpaired) electrons. The molecule has 6 nitrogen and oxygen atoms in total. The van der Waals surface area contributed by atoms with Gasteiger partial charge in [-0.15, -0.1) is 0 Å². The van der Waals surface area contributed by atoms with Crippen molar-refractivity contribution in [2.45, 2.75) is 46.3 Å². The molecular weight excluding hydrogens is 322 g/mol. The number of nitrogens with one attached hydrogen (secondary N) is 1. The van der Waals surface area contributed by atoms with Gasteiger partial charge in [-0.2, -0.15) is 0 Å². The van der Waals surface area contributed by atoms with E-state index in [0.717, 1.165) is 11.3 Å². The van der Waals surface area contributed by atoms with E-state index in [4.69, 9.17) is 14.2 Å². The normalized spacial score (nSPS) is 11.4. The maximum atomic E-state index is 11.7. The molecule has 6 heteroatoms. The SMILES string of the molecule is CC(C)Oc1cccc(/C=C/C(=O)OCCNC(=O)OC(C)(C)C)c1. The highest BCUT2D eigenvalue weighted by atomic mass is 16.6. The van der Waals surface area contributed by atoms with Gasteiger partial charge in [0.2, 0.25) is 0 Å². The first-order chi connectivity index (χ1) is 11.7. The summed E-state index contributed by atoms with van der Waals surface area (Å²) < 4.78 is 15.7. The van der Waals surface area contributed by atoms with Crippen LogP contribution in [0.3, 0.4) is 0 Å². The number of ether oxygens (including phenoxy) is 3. The van der Waals surface area contributed by atoms with Crippen molar-refractivity contribution in [2.75, 3.05) is 13.2 Å². The van der Waals surface area contributed by atoms with Crippen molar-refractivity contribution in [2.24, 2.45) is 0 Å². The molecule has 0 aromatic heterocycles. The smallest absolute Gasteiger partial charge is 0.407 e. The van der Waals surface area contributed by atoms with Gasteiger partial charge in [0, 0.05) is 6.08 Å². The zero-order valence-corrected chi connectivity index (χ0v) is 15.5. The van der Waals surface area contributed by atoms with E-state index in [0.29, 0.717) is 0 Å². The lowest BCUT2D eigenvalue weighted by Gasteiger charge is -2.19. The summed E-state index contributed by atoms with van der Waals surface area (Å²) in [5.41, 5.74) is 0.277. The summed E-state index contributed by atoms with van der Waals surface area (Å²) >= 11 is 0. The third-order valence-electron chi connectivity index (χ3n) is 2.66. The maximum absolute atomic E-state index is 11.7. The van der Waals surface area contributed by atoms with Crippen molar-refractivity contribution in [1.29, 1.82) is 0 Å². The predicted molar refractivity (Wildman–Crippen MR) is 96.4 cm³/mol. The van der Waals surface area contributed by atoms with Crippen molar-refractivity contribution < 1.29 is 23.8 Å². The van der Waals surface area contributed by atoms with Gasteiger partial charge in [-0.3, -0.25) is 0 Å². The molecule has 0 atom stereocenters. The fourth-order valence-corrected chi connectivity index (χ4v) is 1.79. The Morgan fingerprint density at radius 3 is 2.60 bits per heavy atom. The maximum Gasteiger partial charge on any atom is 0.407 e. The molecule has 1 aromatic rings. The molecule has 138 valence electrons. The van der Waals surface area contributed by atoms with Gasteiger partial charge in [0.25, 0.3) is 0 Å². The van der Waals surface area contributed by atoms with Crippen molar-refractivity contribution in [3.8, 4) is 5.75 Å². The number of rotatable bonds is 7. The van der Waals surface area contributed by atoms with Gasteiger partial charge in [0.15, 0.2) is 0 Å². The topological polar surface area (TPSA) is 73.9 Å². The van der Waals surface area contributed by atoms with Crippen LogP contribution in [0.2, 0.25) is 0 Å². The van der Waals surface area contributed by atoms with Crippen LogP contribution >= 0.6 is 0 Å². The number of carbonyl (C=O) groups is 2. The Balaban J connectivity index is 2.34. The van der Waals surface area contributed by atoms with Crippen LogP contribution in [0, 0.1) is 0 Å². The molecule has 0 unspecified atom stereocenters. The Bertz CT molecular complexity index is 602. The van der Waals surface area contributed by atoms with E-state index in [1.165, 1.54) is 6.08 Å². The summed E-state index contributed by atoms with van der Waals surface area (Å²) in [6, 6.07) is 7.42. The van der Waals surface area contributed by atoms with Gasteiger partial charge in [-0.05, 0) is 58.4 Å². The predicted octanol–water partition coefficient (Wildman–Crippen LogP) is 3.55. The largest absolute Gasteiger partial charge is 0.491 e. The fraction of sp³-hybridized carbons (Fsp3) is 0.474. The second-order valence-corrected chi connectivity index (χ2v) is 6.67. The molecule has 25 heavy (non-hydrogen) atoms. The molecule has 0 aliphatic rings. The molecule has 1 amide bonds. The monoisotopic (exact) mass is 349 g/mol. The summed E-state index contributed by atoms with van der Waals surface area (Å²) in [6.07, 6.45) is 2.53. The molecule has 0 saturated heterocycles. The van der Waals surface area contributed by atoms with Crippen molar-refractivity contribution in [1.82, 2.24) is 5.32 Å². The van der Waals surface area contributed by atoms with Crippen LogP contribution in [0.1, 0.15) is 40.2 Å². The Kier molecular flexibility index (Phi) is 7.98. The number of amides is 1. The summed E-state index contributed by atoms with van der Waals surface area (Å²) in [5.74, 6) is 0.258. The summed E-state index contributed by atoms with van der Waals surface area (Å²) in [7, 11) is 0. The number of alkyl carbamates (subject to hydrolysis) is 1. The van der Waals surface area contributed by atoms with Crippen LogP contribution in [-0.2, 0) is 14.3 Å². The van der Waals surface area contributed by atoms with E-state index in [9.17, 15) is 9.59 Å². The summed E-state index contributed by atoms with van der Waals surface area (Å²) in [6.45, 7) is 9.48. The van der Waals surface area contributed by atoms with Gasteiger partial charge in [0.05, 0.1) is 12.6 Å². The molecule has 0 aliphatic carbocycles. The molecule has 0 spiro atoms. The highest BCUT2D eigenvalue weighted by Gasteiger charge is 2.15. The van der Waals surface area contributed by atoms with Gasteiger partial charge < -0.3 is 19.5 Å². The molecule has 1 rings (SSSR count). The highest BCUT2D eigenvalue weighted by Crippen LogP contribution is 2.15. The number of carbonyl (C=O) groups excluding carboxylic acids is 2. The van der Waals surface area contributed by atoms with Crippen molar-refractivity contribution in [3.05, 3.63) is 35.9 Å². The lowest BCUT2D eigenvalue weighted by molar-refractivity contribution is -0.137. The van der Waals surface area contributed by atoms with Crippen molar-refractivity contribution >= 4 is 18.1 Å². The fourth-order valence-electron chi connectivity index (χ4n) is 1.79. The van der Waals surface area contributed by atoms with E-state index in [1.54, 1.807) is 26.8 Å². The second kappa shape index (κ2) is 9.71. The second-order valence-electron chi connectivity index (χ2n) is 6.67. The zero-order valence-electron chi connectivity index (χ0n) is 15.5. The number of hydrogen-bond donors (Lipinski definition) is 1. The highest BCUT2D eigenvalue weighted by molar-refractivity contribution is 5.87. The van der Waals surface area contributed by atoms with Crippen molar-refractivity contribution in [3.63, 3.8) is 0 Å². The minimum Gasteiger partial charge on any atom is -0.491 e. The first-order valence-electron chi connectivity index (χ1n) is 8.24. The van der Waals surface area contributed by atoms with E-state index in [2.05, 4.69) is 5.32 Å². The molecule has 1 aromatic carbocycles. The number of esters is 1.